The second kappa shape index (κ2) is 1.41. The topological polar surface area (TPSA) is 17.8 Å². The maximum atomic E-state index is 5.34. The Morgan fingerprint density at radius 2 is 2.57 bits per heavy atom. The van der Waals surface area contributed by atoms with Crippen LogP contribution in [0, 0.1) is 0 Å². The Labute approximate surface area is 43.6 Å². The summed E-state index contributed by atoms with van der Waals surface area (Å²) in [6.07, 6.45) is 3.27. The lowest BCUT2D eigenvalue weighted by Crippen LogP contribution is -2.10. The van der Waals surface area contributed by atoms with Gasteiger partial charge in [-0.15, -0.1) is 0 Å². The highest BCUT2D eigenvalue weighted by atomic mass is 15.0. The Morgan fingerprint density at radius 3 is 2.71 bits per heavy atom. The zero-order valence-electron chi connectivity index (χ0n) is 4.13. The minimum atomic E-state index is 0.694. The first-order chi connectivity index (χ1) is 3.30. The van der Waals surface area contributed by atoms with Crippen molar-refractivity contribution in [3.05, 3.63) is 12.5 Å². The molecule has 3 heteroatoms. The first-order valence-corrected chi connectivity index (χ1v) is 2.02. The van der Waals surface area contributed by atoms with Crippen LogP contribution in [0.15, 0.2) is 12.5 Å². The van der Waals surface area contributed by atoms with Crippen molar-refractivity contribution in [3.63, 3.8) is 0 Å². The molecule has 1 aromatic heterocycles. The van der Waals surface area contributed by atoms with E-state index in [0.29, 0.717) is 5.59 Å². The van der Waals surface area contributed by atoms with E-state index >= 15 is 0 Å². The average molecular weight is 91.9 g/mol. The molecule has 0 atom stereocenters. The van der Waals surface area contributed by atoms with Crippen LogP contribution in [0.25, 0.3) is 0 Å². The third-order valence-corrected chi connectivity index (χ3v) is 0.854. The van der Waals surface area contributed by atoms with Crippen LogP contribution >= 0.6 is 0 Å². The van der Waals surface area contributed by atoms with Gasteiger partial charge in [-0.3, -0.25) is 0 Å². The van der Waals surface area contributed by atoms with Gasteiger partial charge in [0.2, 0.25) is 0 Å². The van der Waals surface area contributed by atoms with Crippen LogP contribution in [-0.4, -0.2) is 17.4 Å². The maximum absolute atomic E-state index is 5.34. The highest BCUT2D eigenvalue weighted by molar-refractivity contribution is 6.30. The van der Waals surface area contributed by atoms with Crippen molar-refractivity contribution in [3.8, 4) is 0 Å². The zero-order valence-corrected chi connectivity index (χ0v) is 4.13. The Bertz CT molecular complexity index is 142. The molecule has 1 aromatic rings. The van der Waals surface area contributed by atoms with Crippen LogP contribution in [0.5, 0.6) is 0 Å². The average Bonchev–Trinajstić information content (AvgIpc) is 1.91. The van der Waals surface area contributed by atoms with Crippen molar-refractivity contribution in [1.29, 1.82) is 0 Å². The molecule has 0 aliphatic carbocycles. The van der Waals surface area contributed by atoms with Gasteiger partial charge >= 0.3 is 0 Å². The number of aryl methyl sites for hydroxylation is 1. The number of aromatic nitrogens is 2. The molecule has 2 nitrogen and oxygen atoms in total. The maximum Gasteiger partial charge on any atom is 0.140 e. The molecule has 0 spiro atoms. The first kappa shape index (κ1) is 4.43. The van der Waals surface area contributed by atoms with Crippen LogP contribution < -0.4 is 5.59 Å². The molecule has 0 aromatic carbocycles. The number of nitrogens with zero attached hydrogens (tertiary/aromatic N) is 2. The van der Waals surface area contributed by atoms with E-state index in [-0.39, 0.29) is 0 Å². The predicted molar refractivity (Wildman–Crippen MR) is 28.6 cm³/mol. The number of hydrogen-bond donors (Lipinski definition) is 0. The van der Waals surface area contributed by atoms with Gasteiger partial charge in [-0.25, -0.2) is 4.98 Å². The van der Waals surface area contributed by atoms with Gasteiger partial charge in [-0.05, 0) is 5.59 Å². The normalized spacial score (nSPS) is 9.29. The molecule has 1 rings (SSSR count). The number of imidazole rings is 1. The molecule has 0 aliphatic rings. The molecular formula is C4H5BN2. The van der Waals surface area contributed by atoms with E-state index in [4.69, 9.17) is 7.85 Å². The summed E-state index contributed by atoms with van der Waals surface area (Å²) in [4.78, 5) is 3.76. The summed E-state index contributed by atoms with van der Waals surface area (Å²) in [6.45, 7) is 0. The van der Waals surface area contributed by atoms with Gasteiger partial charge in [0.1, 0.15) is 7.85 Å². The van der Waals surface area contributed by atoms with Gasteiger partial charge in [0.15, 0.2) is 0 Å². The van der Waals surface area contributed by atoms with E-state index in [1.807, 2.05) is 7.05 Å². The molecular weight excluding hydrogens is 86.9 g/mol. The van der Waals surface area contributed by atoms with Crippen LogP contribution in [0.2, 0.25) is 0 Å². The third kappa shape index (κ3) is 0.658. The molecule has 0 bridgehead atoms. The van der Waals surface area contributed by atoms with Crippen molar-refractivity contribution in [1.82, 2.24) is 9.55 Å². The van der Waals surface area contributed by atoms with Crippen LogP contribution in [0.4, 0.5) is 0 Å². The summed E-state index contributed by atoms with van der Waals surface area (Å²) in [5, 5.41) is 0. The molecule has 0 aliphatic heterocycles. The lowest BCUT2D eigenvalue weighted by atomic mass is 10.1. The quantitative estimate of drug-likeness (QED) is 0.383. The molecule has 0 N–H and O–H groups in total. The highest BCUT2D eigenvalue weighted by Gasteiger charge is 1.83. The molecule has 1 heterocycles. The van der Waals surface area contributed by atoms with Crippen molar-refractivity contribution in [2.24, 2.45) is 7.05 Å². The van der Waals surface area contributed by atoms with Gasteiger partial charge in [0, 0.05) is 13.2 Å². The van der Waals surface area contributed by atoms with Crippen molar-refractivity contribution in [2.45, 2.75) is 0 Å². The summed E-state index contributed by atoms with van der Waals surface area (Å²) in [5.74, 6) is 0. The summed E-state index contributed by atoms with van der Waals surface area (Å²) in [6, 6.07) is 0. The van der Waals surface area contributed by atoms with Gasteiger partial charge in [-0.1, -0.05) is 0 Å². The Kier molecular flexibility index (Phi) is 0.892. The van der Waals surface area contributed by atoms with Gasteiger partial charge < -0.3 is 4.57 Å². The second-order valence-corrected chi connectivity index (χ2v) is 1.43. The minimum absolute atomic E-state index is 0.694. The predicted octanol–water partition coefficient (Wildman–Crippen LogP) is -0.786. The van der Waals surface area contributed by atoms with Crippen molar-refractivity contribution in [2.75, 3.05) is 0 Å². The Hall–Kier alpha value is -0.725. The van der Waals surface area contributed by atoms with E-state index < -0.39 is 0 Å². The molecule has 0 unspecified atom stereocenters. The molecule has 0 saturated carbocycles. The zero-order chi connectivity index (χ0) is 5.28. The number of hydrogen-bond acceptors (Lipinski definition) is 1. The first-order valence-electron chi connectivity index (χ1n) is 2.02. The van der Waals surface area contributed by atoms with E-state index in [1.165, 1.54) is 0 Å². The standard InChI is InChI=1S/C4H5BN2/c1-7-3-6-2-4(7)5/h2-3H,1H3. The Balaban J connectivity index is 3.12. The lowest BCUT2D eigenvalue weighted by molar-refractivity contribution is 0.940. The Morgan fingerprint density at radius 1 is 1.86 bits per heavy atom. The summed E-state index contributed by atoms with van der Waals surface area (Å²) < 4.78 is 1.75. The summed E-state index contributed by atoms with van der Waals surface area (Å²) >= 11 is 0. The van der Waals surface area contributed by atoms with Crippen LogP contribution in [0.3, 0.4) is 0 Å². The fourth-order valence-electron chi connectivity index (χ4n) is 0.367. The SMILES string of the molecule is [B]c1cncn1C. The second-order valence-electron chi connectivity index (χ2n) is 1.43. The molecule has 0 fully saturated rings. The molecule has 34 valence electrons. The van der Waals surface area contributed by atoms with Crippen molar-refractivity contribution < 1.29 is 0 Å². The van der Waals surface area contributed by atoms with E-state index in [2.05, 4.69) is 4.98 Å². The van der Waals surface area contributed by atoms with Crippen LogP contribution in [-0.2, 0) is 7.05 Å². The molecule has 0 amide bonds. The highest BCUT2D eigenvalue weighted by Crippen LogP contribution is 1.69. The lowest BCUT2D eigenvalue weighted by Gasteiger charge is -1.88. The monoisotopic (exact) mass is 92.1 g/mol. The van der Waals surface area contributed by atoms with Gasteiger partial charge in [-0.2, -0.15) is 0 Å². The summed E-state index contributed by atoms with van der Waals surface area (Å²) in [7, 11) is 7.19. The third-order valence-electron chi connectivity index (χ3n) is 0.854. The van der Waals surface area contributed by atoms with Gasteiger partial charge in [0.25, 0.3) is 0 Å². The fourth-order valence-corrected chi connectivity index (χ4v) is 0.367. The van der Waals surface area contributed by atoms with E-state index in [0.717, 1.165) is 0 Å². The smallest absolute Gasteiger partial charge is 0.140 e. The molecule has 2 radical (unpaired) electrons. The van der Waals surface area contributed by atoms with Gasteiger partial charge in [0.05, 0.1) is 6.33 Å². The van der Waals surface area contributed by atoms with E-state index in [9.17, 15) is 0 Å². The van der Waals surface area contributed by atoms with E-state index in [1.54, 1.807) is 17.1 Å². The van der Waals surface area contributed by atoms with Crippen LogP contribution in [0.1, 0.15) is 0 Å². The molecule has 0 saturated heterocycles. The van der Waals surface area contributed by atoms with Crippen molar-refractivity contribution >= 4 is 13.4 Å². The summed E-state index contributed by atoms with van der Waals surface area (Å²) in [5.41, 5.74) is 0.694. The molecule has 7 heavy (non-hydrogen) atoms. The largest absolute Gasteiger partial charge is 0.348 e. The number of rotatable bonds is 0. The minimum Gasteiger partial charge on any atom is -0.348 e. The fraction of sp³-hybridized carbons (Fsp3) is 0.250.